The van der Waals surface area contributed by atoms with Gasteiger partial charge in [-0.25, -0.2) is 9.37 Å². The van der Waals surface area contributed by atoms with Crippen LogP contribution >= 0.6 is 0 Å². The molecule has 1 saturated heterocycles. The normalized spacial score (nSPS) is 18.0. The Bertz CT molecular complexity index is 652. The lowest BCUT2D eigenvalue weighted by Crippen LogP contribution is -2.38. The Morgan fingerprint density at radius 1 is 1.35 bits per heavy atom. The summed E-state index contributed by atoms with van der Waals surface area (Å²) in [6, 6.07) is 8.45. The second-order valence-electron chi connectivity index (χ2n) is 5.79. The van der Waals surface area contributed by atoms with E-state index in [1.165, 1.54) is 12.1 Å². The highest BCUT2D eigenvalue weighted by atomic mass is 19.1. The number of hydrogen-bond donors (Lipinski definition) is 2. The van der Waals surface area contributed by atoms with Crippen LogP contribution in [0, 0.1) is 5.82 Å². The Labute approximate surface area is 135 Å². The predicted molar refractivity (Wildman–Crippen MR) is 88.1 cm³/mol. The van der Waals surface area contributed by atoms with Gasteiger partial charge in [0.05, 0.1) is 6.10 Å². The van der Waals surface area contributed by atoms with E-state index in [1.807, 2.05) is 12.1 Å². The number of hydrogen-bond acceptors (Lipinski definition) is 5. The van der Waals surface area contributed by atoms with E-state index < -0.39 is 0 Å². The molecule has 0 aliphatic carbocycles. The van der Waals surface area contributed by atoms with Crippen LogP contribution in [0.2, 0.25) is 0 Å². The van der Waals surface area contributed by atoms with Gasteiger partial charge in [0.15, 0.2) is 0 Å². The lowest BCUT2D eigenvalue weighted by Gasteiger charge is -2.31. The van der Waals surface area contributed by atoms with E-state index in [9.17, 15) is 9.50 Å². The molecule has 5 nitrogen and oxygen atoms in total. The summed E-state index contributed by atoms with van der Waals surface area (Å²) in [5.41, 5.74) is 0.938. The molecule has 1 aliphatic rings. The van der Waals surface area contributed by atoms with E-state index in [0.717, 1.165) is 30.8 Å². The van der Waals surface area contributed by atoms with Gasteiger partial charge in [-0.1, -0.05) is 12.1 Å². The molecule has 6 heteroatoms. The molecule has 122 valence electrons. The predicted octanol–water partition coefficient (Wildman–Crippen LogP) is 2.23. The van der Waals surface area contributed by atoms with Gasteiger partial charge in [0.1, 0.15) is 11.6 Å². The van der Waals surface area contributed by atoms with Crippen LogP contribution in [0.25, 0.3) is 0 Å². The van der Waals surface area contributed by atoms with Crippen molar-refractivity contribution < 1.29 is 9.50 Å². The molecule has 1 aromatic heterocycles. The number of piperidine rings is 1. The third-order valence-electron chi connectivity index (χ3n) is 3.95. The minimum Gasteiger partial charge on any atom is -0.391 e. The largest absolute Gasteiger partial charge is 0.391 e. The lowest BCUT2D eigenvalue weighted by molar-refractivity contribution is 0.154. The standard InChI is InChI=1S/C17H21FN4O/c18-14-4-1-3-13(11-14)6-8-19-17-20-9-7-16(21-17)22-10-2-5-15(23)12-22/h1,3-4,7,9,11,15,23H,2,5-6,8,10,12H2,(H,19,20,21)/t15-/m1/s1. The summed E-state index contributed by atoms with van der Waals surface area (Å²) in [4.78, 5) is 10.8. The molecule has 2 aromatic rings. The van der Waals surface area contributed by atoms with Gasteiger partial charge in [-0.15, -0.1) is 0 Å². The number of rotatable bonds is 5. The molecule has 2 N–H and O–H groups in total. The maximum atomic E-state index is 13.1. The van der Waals surface area contributed by atoms with Crippen molar-refractivity contribution in [2.75, 3.05) is 29.9 Å². The highest BCUT2D eigenvalue weighted by molar-refractivity contribution is 5.43. The molecular formula is C17H21FN4O. The third kappa shape index (κ3) is 4.39. The molecule has 0 unspecified atom stereocenters. The number of nitrogens with zero attached hydrogens (tertiary/aromatic N) is 3. The van der Waals surface area contributed by atoms with Crippen molar-refractivity contribution in [3.63, 3.8) is 0 Å². The first kappa shape index (κ1) is 15.7. The minimum absolute atomic E-state index is 0.218. The van der Waals surface area contributed by atoms with Crippen molar-refractivity contribution in [3.05, 3.63) is 47.9 Å². The molecule has 2 heterocycles. The zero-order valence-corrected chi connectivity index (χ0v) is 13.0. The molecule has 0 spiro atoms. The summed E-state index contributed by atoms with van der Waals surface area (Å²) in [6.45, 7) is 2.14. The average molecular weight is 316 g/mol. The summed E-state index contributed by atoms with van der Waals surface area (Å²) < 4.78 is 13.1. The fraction of sp³-hybridized carbons (Fsp3) is 0.412. The average Bonchev–Trinajstić information content (AvgIpc) is 2.55. The van der Waals surface area contributed by atoms with E-state index in [1.54, 1.807) is 12.3 Å². The van der Waals surface area contributed by atoms with Crippen molar-refractivity contribution >= 4 is 11.8 Å². The van der Waals surface area contributed by atoms with Crippen LogP contribution in [-0.2, 0) is 6.42 Å². The Kier molecular flexibility index (Phi) is 5.02. The second kappa shape index (κ2) is 7.37. The van der Waals surface area contributed by atoms with Crippen LogP contribution in [0.1, 0.15) is 18.4 Å². The van der Waals surface area contributed by atoms with E-state index in [4.69, 9.17) is 0 Å². The SMILES string of the molecule is O[C@@H]1CCCN(c2ccnc(NCCc3cccc(F)c3)n2)C1. The molecule has 1 aromatic carbocycles. The van der Waals surface area contributed by atoms with Crippen LogP contribution < -0.4 is 10.2 Å². The van der Waals surface area contributed by atoms with Crippen LogP contribution in [-0.4, -0.2) is 40.8 Å². The molecule has 0 amide bonds. The zero-order chi connectivity index (χ0) is 16.1. The number of aliphatic hydroxyl groups is 1. The summed E-state index contributed by atoms with van der Waals surface area (Å²) in [6.07, 6.45) is 3.94. The first-order valence-electron chi connectivity index (χ1n) is 7.95. The number of β-amino-alcohol motifs (C(OH)–C–C–N with tert-alkyl or cyclic N) is 1. The van der Waals surface area contributed by atoms with Crippen LogP contribution in [0.15, 0.2) is 36.5 Å². The number of benzene rings is 1. The Morgan fingerprint density at radius 3 is 3.09 bits per heavy atom. The number of halogens is 1. The third-order valence-corrected chi connectivity index (χ3v) is 3.95. The Balaban J connectivity index is 1.57. The van der Waals surface area contributed by atoms with Gasteiger partial charge in [-0.3, -0.25) is 0 Å². The van der Waals surface area contributed by atoms with Gasteiger partial charge in [0.2, 0.25) is 5.95 Å². The summed E-state index contributed by atoms with van der Waals surface area (Å²) >= 11 is 0. The molecule has 0 bridgehead atoms. The summed E-state index contributed by atoms with van der Waals surface area (Å²) in [7, 11) is 0. The molecule has 23 heavy (non-hydrogen) atoms. The topological polar surface area (TPSA) is 61.3 Å². The minimum atomic E-state index is -0.289. The molecule has 0 saturated carbocycles. The van der Waals surface area contributed by atoms with Gasteiger partial charge < -0.3 is 15.3 Å². The highest BCUT2D eigenvalue weighted by Crippen LogP contribution is 2.18. The van der Waals surface area contributed by atoms with Crippen molar-refractivity contribution in [1.82, 2.24) is 9.97 Å². The van der Waals surface area contributed by atoms with Gasteiger partial charge in [-0.2, -0.15) is 4.98 Å². The van der Waals surface area contributed by atoms with E-state index >= 15 is 0 Å². The number of nitrogens with one attached hydrogen (secondary N) is 1. The van der Waals surface area contributed by atoms with Gasteiger partial charge >= 0.3 is 0 Å². The van der Waals surface area contributed by atoms with Crippen molar-refractivity contribution in [2.45, 2.75) is 25.4 Å². The monoisotopic (exact) mass is 316 g/mol. The molecule has 3 rings (SSSR count). The molecule has 1 aliphatic heterocycles. The molecule has 1 fully saturated rings. The fourth-order valence-corrected chi connectivity index (χ4v) is 2.78. The molecular weight excluding hydrogens is 295 g/mol. The zero-order valence-electron chi connectivity index (χ0n) is 13.0. The van der Waals surface area contributed by atoms with E-state index in [2.05, 4.69) is 20.2 Å². The number of aliphatic hydroxyl groups excluding tert-OH is 1. The Hall–Kier alpha value is -2.21. The molecule has 1 atom stereocenters. The van der Waals surface area contributed by atoms with E-state index in [-0.39, 0.29) is 11.9 Å². The molecule has 0 radical (unpaired) electrons. The number of aromatic nitrogens is 2. The van der Waals surface area contributed by atoms with Gasteiger partial charge in [0, 0.05) is 25.8 Å². The van der Waals surface area contributed by atoms with Gasteiger partial charge in [-0.05, 0) is 43.0 Å². The van der Waals surface area contributed by atoms with Gasteiger partial charge in [0.25, 0.3) is 0 Å². The van der Waals surface area contributed by atoms with Crippen molar-refractivity contribution in [3.8, 4) is 0 Å². The first-order chi connectivity index (χ1) is 11.2. The summed E-state index contributed by atoms with van der Waals surface area (Å²) in [5.74, 6) is 1.16. The smallest absolute Gasteiger partial charge is 0.224 e. The summed E-state index contributed by atoms with van der Waals surface area (Å²) in [5, 5.41) is 12.9. The quantitative estimate of drug-likeness (QED) is 0.886. The maximum absolute atomic E-state index is 13.1. The first-order valence-corrected chi connectivity index (χ1v) is 7.95. The fourth-order valence-electron chi connectivity index (χ4n) is 2.78. The van der Waals surface area contributed by atoms with Crippen molar-refractivity contribution in [2.24, 2.45) is 0 Å². The second-order valence-corrected chi connectivity index (χ2v) is 5.79. The maximum Gasteiger partial charge on any atom is 0.224 e. The Morgan fingerprint density at radius 2 is 2.26 bits per heavy atom. The van der Waals surface area contributed by atoms with Crippen LogP contribution in [0.3, 0.4) is 0 Å². The van der Waals surface area contributed by atoms with E-state index in [0.29, 0.717) is 25.5 Å². The van der Waals surface area contributed by atoms with Crippen molar-refractivity contribution in [1.29, 1.82) is 0 Å². The lowest BCUT2D eigenvalue weighted by atomic mass is 10.1. The number of anilines is 2. The van der Waals surface area contributed by atoms with Crippen LogP contribution in [0.4, 0.5) is 16.2 Å². The highest BCUT2D eigenvalue weighted by Gasteiger charge is 2.19. The van der Waals surface area contributed by atoms with Crippen LogP contribution in [0.5, 0.6) is 0 Å².